The summed E-state index contributed by atoms with van der Waals surface area (Å²) in [5, 5.41) is 13.3. The van der Waals surface area contributed by atoms with Crippen molar-refractivity contribution < 1.29 is 23.0 Å². The largest absolute Gasteiger partial charge is 0.484 e. The summed E-state index contributed by atoms with van der Waals surface area (Å²) in [6, 6.07) is 9.24. The molecule has 1 N–H and O–H groups in total. The zero-order chi connectivity index (χ0) is 26.5. The van der Waals surface area contributed by atoms with Gasteiger partial charge in [-0.05, 0) is 65.4 Å². The molecule has 0 bridgehead atoms. The van der Waals surface area contributed by atoms with Crippen LogP contribution in [0.1, 0.15) is 56.6 Å². The fourth-order valence-electron chi connectivity index (χ4n) is 5.01. The number of hydrogen-bond donors (Lipinski definition) is 1. The summed E-state index contributed by atoms with van der Waals surface area (Å²) in [4.78, 5) is 17.4. The Balaban J connectivity index is 1.77. The fraction of sp³-hybridized carbons (Fsp3) is 0.393. The van der Waals surface area contributed by atoms with Crippen molar-refractivity contribution in [1.29, 1.82) is 5.26 Å². The van der Waals surface area contributed by atoms with Crippen molar-refractivity contribution in [3.05, 3.63) is 74.8 Å². The van der Waals surface area contributed by atoms with Crippen molar-refractivity contribution in [2.75, 3.05) is 6.61 Å². The van der Waals surface area contributed by atoms with Crippen LogP contribution in [-0.2, 0) is 11.4 Å². The van der Waals surface area contributed by atoms with E-state index in [1.165, 1.54) is 0 Å². The lowest BCUT2D eigenvalue weighted by molar-refractivity contribution is -0.117. The molecule has 1 aromatic carbocycles. The highest BCUT2D eigenvalue weighted by molar-refractivity contribution is 9.10. The third-order valence-electron chi connectivity index (χ3n) is 6.57. The molecule has 2 aliphatic rings. The number of allylic oxidation sites excluding steroid dienone is 4. The zero-order valence-electron chi connectivity index (χ0n) is 20.7. The van der Waals surface area contributed by atoms with E-state index in [-0.39, 0.29) is 29.8 Å². The lowest BCUT2D eigenvalue weighted by atomic mass is 9.72. The molecule has 2 aromatic rings. The van der Waals surface area contributed by atoms with E-state index in [1.54, 1.807) is 30.6 Å². The SMILES string of the molecule is CCCC1CC(=O)C2=C(C1)NC(C)=C(C#N)C2c1cc(Br)c(OCc2cccnc2)c(OCC(F)F)c1. The molecule has 1 aliphatic heterocycles. The summed E-state index contributed by atoms with van der Waals surface area (Å²) in [5.74, 6) is -0.0138. The minimum absolute atomic E-state index is 0.000486. The summed E-state index contributed by atoms with van der Waals surface area (Å²) in [6.07, 6.45) is 3.69. The maximum Gasteiger partial charge on any atom is 0.272 e. The van der Waals surface area contributed by atoms with Gasteiger partial charge in [-0.15, -0.1) is 0 Å². The number of Topliss-reactive ketones (excluding diaryl/α,β-unsaturated/α-hetero) is 1. The minimum atomic E-state index is -2.69. The smallest absolute Gasteiger partial charge is 0.272 e. The van der Waals surface area contributed by atoms with Crippen LogP contribution in [0.5, 0.6) is 11.5 Å². The number of nitrogens with zero attached hydrogens (tertiary/aromatic N) is 2. The van der Waals surface area contributed by atoms with Gasteiger partial charge in [0, 0.05) is 41.3 Å². The molecule has 4 rings (SSSR count). The maximum atomic E-state index is 13.4. The topological polar surface area (TPSA) is 84.2 Å². The average molecular weight is 572 g/mol. The molecule has 6 nitrogen and oxygen atoms in total. The Hall–Kier alpha value is -3.25. The van der Waals surface area contributed by atoms with Gasteiger partial charge in [-0.25, -0.2) is 8.78 Å². The van der Waals surface area contributed by atoms with Crippen LogP contribution >= 0.6 is 15.9 Å². The summed E-state index contributed by atoms with van der Waals surface area (Å²) in [5.41, 5.74) is 3.88. The molecule has 0 spiro atoms. The van der Waals surface area contributed by atoms with Gasteiger partial charge in [0.05, 0.1) is 22.0 Å². The molecule has 2 unspecified atom stereocenters. The first-order valence-electron chi connectivity index (χ1n) is 12.2. The van der Waals surface area contributed by atoms with Gasteiger partial charge < -0.3 is 14.8 Å². The molecule has 0 radical (unpaired) electrons. The Kier molecular flexibility index (Phi) is 8.59. The van der Waals surface area contributed by atoms with Gasteiger partial charge in [0.25, 0.3) is 6.43 Å². The third-order valence-corrected chi connectivity index (χ3v) is 7.15. The Morgan fingerprint density at radius 3 is 2.78 bits per heavy atom. The summed E-state index contributed by atoms with van der Waals surface area (Å²) in [6.45, 7) is 3.24. The third kappa shape index (κ3) is 6.02. The molecule has 0 saturated carbocycles. The number of nitriles is 1. The lowest BCUT2D eigenvalue weighted by Crippen LogP contribution is -2.34. The lowest BCUT2D eigenvalue weighted by Gasteiger charge is -2.35. The first-order valence-corrected chi connectivity index (χ1v) is 13.0. The molecule has 194 valence electrons. The second-order valence-corrected chi connectivity index (χ2v) is 10.1. The maximum absolute atomic E-state index is 13.4. The van der Waals surface area contributed by atoms with Crippen molar-refractivity contribution in [3.8, 4) is 17.6 Å². The number of alkyl halides is 2. The van der Waals surface area contributed by atoms with Gasteiger partial charge in [0.1, 0.15) is 13.2 Å². The van der Waals surface area contributed by atoms with E-state index in [4.69, 9.17) is 9.47 Å². The molecule has 1 aromatic heterocycles. The van der Waals surface area contributed by atoms with Gasteiger partial charge in [0.2, 0.25) is 0 Å². The molecule has 0 fully saturated rings. The monoisotopic (exact) mass is 571 g/mol. The number of hydrogen-bond acceptors (Lipinski definition) is 6. The number of dihydropyridines is 1. The fourth-order valence-corrected chi connectivity index (χ4v) is 5.58. The van der Waals surface area contributed by atoms with Crippen LogP contribution in [0.25, 0.3) is 0 Å². The number of benzene rings is 1. The van der Waals surface area contributed by atoms with E-state index >= 15 is 0 Å². The van der Waals surface area contributed by atoms with Gasteiger partial charge in [-0.1, -0.05) is 19.4 Å². The highest BCUT2D eigenvalue weighted by Crippen LogP contribution is 2.47. The first kappa shape index (κ1) is 26.8. The zero-order valence-corrected chi connectivity index (χ0v) is 22.3. The second kappa shape index (κ2) is 11.9. The predicted molar refractivity (Wildman–Crippen MR) is 138 cm³/mol. The van der Waals surface area contributed by atoms with Gasteiger partial charge in [-0.3, -0.25) is 9.78 Å². The Morgan fingerprint density at radius 1 is 1.30 bits per heavy atom. The van der Waals surface area contributed by atoms with E-state index in [2.05, 4.69) is 39.2 Å². The normalized spacial score (nSPS) is 19.4. The molecule has 0 amide bonds. The van der Waals surface area contributed by atoms with Crippen LogP contribution in [0, 0.1) is 17.2 Å². The quantitative estimate of drug-likeness (QED) is 0.365. The molecule has 9 heteroatoms. The Labute approximate surface area is 223 Å². The average Bonchev–Trinajstić information content (AvgIpc) is 2.86. The van der Waals surface area contributed by atoms with Gasteiger partial charge in [-0.2, -0.15) is 5.26 Å². The number of aromatic nitrogens is 1. The van der Waals surface area contributed by atoms with E-state index in [0.29, 0.717) is 33.3 Å². The standard InChI is InChI=1S/C28H28BrF2N3O3/c1-3-5-17-8-22-27(23(35)9-17)26(20(12-32)16(2)34-22)19-10-21(29)28(24(11-19)36-15-25(30)31)37-14-18-6-4-7-33-13-18/h4,6-7,10-11,13,17,25-26,34H,3,5,8-9,14-15H2,1-2H3. The van der Waals surface area contributed by atoms with E-state index < -0.39 is 19.0 Å². The minimum Gasteiger partial charge on any atom is -0.484 e. The highest BCUT2D eigenvalue weighted by Gasteiger charge is 2.39. The van der Waals surface area contributed by atoms with Crippen LogP contribution in [0.3, 0.4) is 0 Å². The van der Waals surface area contributed by atoms with Gasteiger partial charge in [0.15, 0.2) is 17.3 Å². The van der Waals surface area contributed by atoms with Crippen LogP contribution in [0.15, 0.2) is 63.7 Å². The van der Waals surface area contributed by atoms with Crippen molar-refractivity contribution in [3.63, 3.8) is 0 Å². The van der Waals surface area contributed by atoms with Crippen molar-refractivity contribution >= 4 is 21.7 Å². The Morgan fingerprint density at radius 2 is 2.11 bits per heavy atom. The summed E-state index contributed by atoms with van der Waals surface area (Å²) >= 11 is 3.51. The number of halogens is 3. The number of ether oxygens (including phenoxy) is 2. The molecule has 1 aliphatic carbocycles. The molecule has 2 heterocycles. The number of nitrogens with one attached hydrogen (secondary N) is 1. The highest BCUT2D eigenvalue weighted by atomic mass is 79.9. The number of ketones is 1. The number of carbonyl (C=O) groups is 1. The summed E-state index contributed by atoms with van der Waals surface area (Å²) < 4.78 is 38.1. The van der Waals surface area contributed by atoms with Crippen LogP contribution in [0.2, 0.25) is 0 Å². The molecular formula is C28H28BrF2N3O3. The molecular weight excluding hydrogens is 544 g/mol. The number of rotatable bonds is 9. The van der Waals surface area contributed by atoms with Gasteiger partial charge >= 0.3 is 0 Å². The summed E-state index contributed by atoms with van der Waals surface area (Å²) in [7, 11) is 0. The molecule has 0 saturated heterocycles. The second-order valence-electron chi connectivity index (χ2n) is 9.27. The van der Waals surface area contributed by atoms with Crippen molar-refractivity contribution in [2.45, 2.75) is 58.5 Å². The first-order chi connectivity index (χ1) is 17.8. The van der Waals surface area contributed by atoms with Crippen molar-refractivity contribution in [1.82, 2.24) is 10.3 Å². The predicted octanol–water partition coefficient (Wildman–Crippen LogP) is 6.58. The Bertz CT molecular complexity index is 1270. The van der Waals surface area contributed by atoms with E-state index in [9.17, 15) is 18.8 Å². The van der Waals surface area contributed by atoms with Crippen molar-refractivity contribution in [2.24, 2.45) is 5.92 Å². The molecule has 2 atom stereocenters. The number of carbonyl (C=O) groups excluding carboxylic acids is 1. The van der Waals surface area contributed by atoms with E-state index in [1.807, 2.05) is 13.0 Å². The number of pyridine rings is 1. The van der Waals surface area contributed by atoms with Crippen LogP contribution in [-0.4, -0.2) is 23.8 Å². The van der Waals surface area contributed by atoms with Crippen LogP contribution in [0.4, 0.5) is 8.78 Å². The van der Waals surface area contributed by atoms with Crippen LogP contribution < -0.4 is 14.8 Å². The van der Waals surface area contributed by atoms with E-state index in [0.717, 1.165) is 30.5 Å². The molecule has 37 heavy (non-hydrogen) atoms.